The van der Waals surface area contributed by atoms with Crippen molar-refractivity contribution in [3.8, 4) is 17.0 Å². The molecule has 0 amide bonds. The van der Waals surface area contributed by atoms with Gasteiger partial charge in [-0.25, -0.2) is 4.98 Å². The molecular formula is C22H25N4O2+. The highest BCUT2D eigenvalue weighted by Gasteiger charge is 2.19. The second-order valence-corrected chi connectivity index (χ2v) is 7.28. The fourth-order valence-corrected chi connectivity index (χ4v) is 4.04. The maximum absolute atomic E-state index is 5.51. The van der Waals surface area contributed by atoms with E-state index < -0.39 is 0 Å². The minimum absolute atomic E-state index is 0.856. The molecule has 1 saturated heterocycles. The Morgan fingerprint density at radius 2 is 1.86 bits per heavy atom. The number of hydrogen-bond acceptors (Lipinski definition) is 3. The third-order valence-corrected chi connectivity index (χ3v) is 5.64. The average Bonchev–Trinajstić information content (AvgIpc) is 3.29. The van der Waals surface area contributed by atoms with Crippen molar-refractivity contribution in [1.29, 1.82) is 0 Å². The molecule has 0 saturated carbocycles. The van der Waals surface area contributed by atoms with Crippen LogP contribution < -0.4 is 9.64 Å². The number of rotatable bonds is 5. The lowest BCUT2D eigenvalue weighted by Crippen LogP contribution is -3.14. The number of imidazole rings is 2. The van der Waals surface area contributed by atoms with Gasteiger partial charge in [-0.3, -0.25) is 4.40 Å². The number of morpholine rings is 1. The van der Waals surface area contributed by atoms with E-state index in [4.69, 9.17) is 14.5 Å². The summed E-state index contributed by atoms with van der Waals surface area (Å²) in [6.45, 7) is 5.86. The van der Waals surface area contributed by atoms with Gasteiger partial charge in [-0.2, -0.15) is 0 Å². The largest absolute Gasteiger partial charge is 0.497 e. The monoisotopic (exact) mass is 377 g/mol. The number of nitrogens with one attached hydrogen (secondary N) is 1. The number of hydrogen-bond donors (Lipinski definition) is 1. The van der Waals surface area contributed by atoms with E-state index in [0.717, 1.165) is 62.0 Å². The summed E-state index contributed by atoms with van der Waals surface area (Å²) in [6, 6.07) is 16.6. The third-order valence-electron chi connectivity index (χ3n) is 5.64. The van der Waals surface area contributed by atoms with Gasteiger partial charge in [-0.15, -0.1) is 0 Å². The Morgan fingerprint density at radius 3 is 2.64 bits per heavy atom. The van der Waals surface area contributed by atoms with Crippen LogP contribution >= 0.6 is 0 Å². The van der Waals surface area contributed by atoms with Gasteiger partial charge in [0.2, 0.25) is 5.78 Å². The molecule has 0 unspecified atom stereocenters. The molecule has 144 valence electrons. The number of aromatic nitrogens is 3. The molecule has 1 aliphatic rings. The zero-order chi connectivity index (χ0) is 18.9. The number of quaternary nitrogens is 1. The summed E-state index contributed by atoms with van der Waals surface area (Å²) in [5.41, 5.74) is 4.53. The van der Waals surface area contributed by atoms with Crippen molar-refractivity contribution in [3.05, 3.63) is 54.7 Å². The standard InChI is InChI=1S/C22H24N4O2/c1-27-18-8-6-17(7-9-18)21-16-26-20-5-3-2-4-19(20)23-22(26)25(21)11-10-24-12-14-28-15-13-24/h2-9,16H,10-15H2,1H3/p+1. The number of benzene rings is 2. The molecule has 0 spiro atoms. The summed E-state index contributed by atoms with van der Waals surface area (Å²) in [7, 11) is 1.70. The van der Waals surface area contributed by atoms with Crippen LogP contribution in [0.2, 0.25) is 0 Å². The second-order valence-electron chi connectivity index (χ2n) is 7.28. The molecule has 1 fully saturated rings. The molecule has 0 bridgehead atoms. The van der Waals surface area contributed by atoms with Crippen LogP contribution in [0.4, 0.5) is 0 Å². The van der Waals surface area contributed by atoms with Crippen molar-refractivity contribution < 1.29 is 14.4 Å². The normalized spacial score (nSPS) is 15.5. The van der Waals surface area contributed by atoms with Gasteiger partial charge < -0.3 is 18.9 Å². The molecule has 0 radical (unpaired) electrons. The molecule has 4 aromatic rings. The van der Waals surface area contributed by atoms with Gasteiger partial charge in [-0.1, -0.05) is 12.1 Å². The number of methoxy groups -OCH3 is 1. The third kappa shape index (κ3) is 3.04. The Hall–Kier alpha value is -2.83. The lowest BCUT2D eigenvalue weighted by Gasteiger charge is -2.24. The van der Waals surface area contributed by atoms with E-state index in [1.807, 2.05) is 18.2 Å². The Balaban J connectivity index is 1.58. The molecule has 1 N–H and O–H groups in total. The number of ether oxygens (including phenoxy) is 2. The van der Waals surface area contributed by atoms with E-state index >= 15 is 0 Å². The molecule has 1 aliphatic heterocycles. The van der Waals surface area contributed by atoms with Gasteiger partial charge in [0.05, 0.1) is 50.1 Å². The Labute approximate surface area is 163 Å². The minimum Gasteiger partial charge on any atom is -0.497 e. The topological polar surface area (TPSA) is 45.1 Å². The van der Waals surface area contributed by atoms with E-state index in [-0.39, 0.29) is 0 Å². The number of fused-ring (bicyclic) bond motifs is 3. The van der Waals surface area contributed by atoms with Crippen LogP contribution in [0.1, 0.15) is 0 Å². The lowest BCUT2D eigenvalue weighted by molar-refractivity contribution is -0.908. The van der Waals surface area contributed by atoms with Crippen molar-refractivity contribution in [2.24, 2.45) is 0 Å². The van der Waals surface area contributed by atoms with Crippen molar-refractivity contribution in [1.82, 2.24) is 14.0 Å². The molecule has 2 aromatic carbocycles. The van der Waals surface area contributed by atoms with Gasteiger partial charge in [0.25, 0.3) is 0 Å². The zero-order valence-electron chi connectivity index (χ0n) is 16.1. The van der Waals surface area contributed by atoms with E-state index in [0.29, 0.717) is 0 Å². The van der Waals surface area contributed by atoms with Gasteiger partial charge >= 0.3 is 0 Å². The van der Waals surface area contributed by atoms with Crippen LogP contribution in [0.3, 0.4) is 0 Å². The highest BCUT2D eigenvalue weighted by atomic mass is 16.5. The summed E-state index contributed by atoms with van der Waals surface area (Å²) in [6.07, 6.45) is 2.21. The summed E-state index contributed by atoms with van der Waals surface area (Å²) in [5, 5.41) is 0. The highest BCUT2D eigenvalue weighted by Crippen LogP contribution is 2.27. The van der Waals surface area contributed by atoms with E-state index in [9.17, 15) is 0 Å². The van der Waals surface area contributed by atoms with Crippen LogP contribution in [0.25, 0.3) is 28.1 Å². The van der Waals surface area contributed by atoms with Crippen molar-refractivity contribution in [2.45, 2.75) is 6.54 Å². The quantitative estimate of drug-likeness (QED) is 0.578. The van der Waals surface area contributed by atoms with E-state index in [2.05, 4.69) is 45.5 Å². The summed E-state index contributed by atoms with van der Waals surface area (Å²) >= 11 is 0. The first-order valence-corrected chi connectivity index (χ1v) is 9.85. The van der Waals surface area contributed by atoms with Crippen LogP contribution in [0.15, 0.2) is 54.7 Å². The van der Waals surface area contributed by atoms with Crippen molar-refractivity contribution in [3.63, 3.8) is 0 Å². The Morgan fingerprint density at radius 1 is 1.07 bits per heavy atom. The van der Waals surface area contributed by atoms with Gasteiger partial charge in [-0.05, 0) is 36.4 Å². The maximum Gasteiger partial charge on any atom is 0.215 e. The molecule has 3 heterocycles. The molecule has 2 aromatic heterocycles. The van der Waals surface area contributed by atoms with Gasteiger partial charge in [0.15, 0.2) is 0 Å². The minimum atomic E-state index is 0.856. The summed E-state index contributed by atoms with van der Waals surface area (Å²) < 4.78 is 15.4. The molecule has 0 aliphatic carbocycles. The van der Waals surface area contributed by atoms with Crippen LogP contribution in [-0.4, -0.2) is 53.9 Å². The average molecular weight is 377 g/mol. The predicted octanol–water partition coefficient (Wildman–Crippen LogP) is 1.88. The zero-order valence-corrected chi connectivity index (χ0v) is 16.1. The van der Waals surface area contributed by atoms with Gasteiger partial charge in [0.1, 0.15) is 18.8 Å². The lowest BCUT2D eigenvalue weighted by atomic mass is 10.1. The molecule has 5 rings (SSSR count). The van der Waals surface area contributed by atoms with E-state index in [1.54, 1.807) is 12.0 Å². The molecule has 0 atom stereocenters. The second kappa shape index (κ2) is 7.30. The highest BCUT2D eigenvalue weighted by molar-refractivity contribution is 5.81. The first-order chi connectivity index (χ1) is 13.8. The molecule has 6 heteroatoms. The fraction of sp³-hybridized carbons (Fsp3) is 0.318. The fourth-order valence-electron chi connectivity index (χ4n) is 4.04. The van der Waals surface area contributed by atoms with E-state index in [1.165, 1.54) is 11.3 Å². The summed E-state index contributed by atoms with van der Waals surface area (Å²) in [5.74, 6) is 1.87. The molecular weight excluding hydrogens is 352 g/mol. The molecule has 28 heavy (non-hydrogen) atoms. The first kappa shape index (κ1) is 17.3. The van der Waals surface area contributed by atoms with Crippen LogP contribution in [0, 0.1) is 0 Å². The van der Waals surface area contributed by atoms with Crippen molar-refractivity contribution >= 4 is 16.8 Å². The smallest absolute Gasteiger partial charge is 0.215 e. The SMILES string of the molecule is COc1ccc(-c2cn3c4ccccc4nc3n2CC[NH+]2CCOCC2)cc1. The number of nitrogens with zero attached hydrogens (tertiary/aromatic N) is 3. The van der Waals surface area contributed by atoms with Gasteiger partial charge in [0, 0.05) is 11.8 Å². The van der Waals surface area contributed by atoms with Crippen LogP contribution in [-0.2, 0) is 11.3 Å². The number of para-hydroxylation sites is 2. The predicted molar refractivity (Wildman–Crippen MR) is 109 cm³/mol. The first-order valence-electron chi connectivity index (χ1n) is 9.85. The van der Waals surface area contributed by atoms with Crippen molar-refractivity contribution in [2.75, 3.05) is 40.0 Å². The van der Waals surface area contributed by atoms with Crippen LogP contribution in [0.5, 0.6) is 5.75 Å². The summed E-state index contributed by atoms with van der Waals surface area (Å²) in [4.78, 5) is 6.52. The maximum atomic E-state index is 5.51. The Kier molecular flexibility index (Phi) is 4.50. The molecule has 6 nitrogen and oxygen atoms in total. The Bertz CT molecular complexity index is 1090.